The molecular formula is C23H20Cl2O5S. The summed E-state index contributed by atoms with van der Waals surface area (Å²) in [6, 6.07) is 17.1. The van der Waals surface area contributed by atoms with Crippen LogP contribution in [0.15, 0.2) is 71.6 Å². The Labute approximate surface area is 191 Å². The first kappa shape index (κ1) is 23.3. The highest BCUT2D eigenvalue weighted by molar-refractivity contribution is 7.86. The van der Waals surface area contributed by atoms with Crippen molar-refractivity contribution in [2.75, 3.05) is 0 Å². The number of carbonyl (C=O) groups excluding carboxylic acids is 1. The van der Waals surface area contributed by atoms with E-state index in [9.17, 15) is 13.2 Å². The van der Waals surface area contributed by atoms with E-state index in [2.05, 4.69) is 0 Å². The molecule has 5 nitrogen and oxygen atoms in total. The van der Waals surface area contributed by atoms with E-state index in [1.807, 2.05) is 0 Å². The van der Waals surface area contributed by atoms with Crippen LogP contribution >= 0.6 is 23.2 Å². The highest BCUT2D eigenvalue weighted by Crippen LogP contribution is 2.27. The second kappa shape index (κ2) is 9.01. The molecule has 162 valence electrons. The zero-order valence-electron chi connectivity index (χ0n) is 17.1. The molecule has 0 radical (unpaired) electrons. The average Bonchev–Trinajstić information content (AvgIpc) is 2.68. The maximum atomic E-state index is 12.7. The fourth-order valence-corrected chi connectivity index (χ4v) is 4.29. The van der Waals surface area contributed by atoms with Gasteiger partial charge in [0.25, 0.3) is 10.1 Å². The molecule has 0 aromatic heterocycles. The number of carbonyl (C=O) groups is 1. The third-order valence-corrected chi connectivity index (χ3v) is 6.13. The lowest BCUT2D eigenvalue weighted by atomic mass is 10.0. The van der Waals surface area contributed by atoms with Gasteiger partial charge in [-0.25, -0.2) is 0 Å². The molecule has 0 aliphatic heterocycles. The SMILES string of the molecule is CC(C)(C)OS(=O)(=O)c1ccc(Oc2ccc(C(=O)c3cc(Cl)ccc3Cl)cc2)cc1. The Bertz CT molecular complexity index is 1200. The maximum Gasteiger partial charge on any atom is 0.297 e. The van der Waals surface area contributed by atoms with Gasteiger partial charge in [0, 0.05) is 16.1 Å². The van der Waals surface area contributed by atoms with E-state index < -0.39 is 15.7 Å². The van der Waals surface area contributed by atoms with Gasteiger partial charge in [0.15, 0.2) is 5.78 Å². The van der Waals surface area contributed by atoms with Crippen LogP contribution in [0.2, 0.25) is 10.0 Å². The van der Waals surface area contributed by atoms with Gasteiger partial charge in [0.2, 0.25) is 0 Å². The van der Waals surface area contributed by atoms with Crippen molar-refractivity contribution in [1.82, 2.24) is 0 Å². The summed E-state index contributed by atoms with van der Waals surface area (Å²) in [5.74, 6) is 0.661. The summed E-state index contributed by atoms with van der Waals surface area (Å²) in [5, 5.41) is 0.742. The monoisotopic (exact) mass is 478 g/mol. The first-order chi connectivity index (χ1) is 14.4. The molecule has 0 spiro atoms. The van der Waals surface area contributed by atoms with Crippen LogP contribution in [0.4, 0.5) is 0 Å². The van der Waals surface area contributed by atoms with Crippen molar-refractivity contribution in [3.63, 3.8) is 0 Å². The Morgan fingerprint density at radius 3 is 1.94 bits per heavy atom. The number of hydrogen-bond donors (Lipinski definition) is 0. The minimum atomic E-state index is -3.87. The minimum absolute atomic E-state index is 0.0362. The molecule has 0 aliphatic carbocycles. The number of benzene rings is 3. The van der Waals surface area contributed by atoms with Gasteiger partial charge < -0.3 is 4.74 Å². The summed E-state index contributed by atoms with van der Waals surface area (Å²) >= 11 is 12.1. The zero-order valence-corrected chi connectivity index (χ0v) is 19.4. The van der Waals surface area contributed by atoms with Gasteiger partial charge in [-0.1, -0.05) is 23.2 Å². The Morgan fingerprint density at radius 2 is 1.39 bits per heavy atom. The third-order valence-electron chi connectivity index (χ3n) is 4.00. The van der Waals surface area contributed by atoms with E-state index >= 15 is 0 Å². The fraction of sp³-hybridized carbons (Fsp3) is 0.174. The van der Waals surface area contributed by atoms with Crippen molar-refractivity contribution < 1.29 is 22.1 Å². The topological polar surface area (TPSA) is 69.7 Å². The van der Waals surface area contributed by atoms with E-state index in [1.54, 1.807) is 57.2 Å². The van der Waals surface area contributed by atoms with Gasteiger partial charge in [-0.2, -0.15) is 8.42 Å². The summed E-state index contributed by atoms with van der Waals surface area (Å²) in [7, 11) is -3.87. The maximum absolute atomic E-state index is 12.7. The van der Waals surface area contributed by atoms with Crippen molar-refractivity contribution >= 4 is 39.1 Å². The molecule has 0 amide bonds. The second-order valence-corrected chi connectivity index (χ2v) is 10.1. The second-order valence-electron chi connectivity index (χ2n) is 7.70. The normalized spacial score (nSPS) is 11.9. The number of rotatable bonds is 6. The smallest absolute Gasteiger partial charge is 0.297 e. The van der Waals surface area contributed by atoms with Crippen LogP contribution in [0.1, 0.15) is 36.7 Å². The molecule has 0 saturated carbocycles. The van der Waals surface area contributed by atoms with Crippen LogP contribution in [0.25, 0.3) is 0 Å². The number of ether oxygens (including phenoxy) is 1. The Balaban J connectivity index is 1.73. The van der Waals surface area contributed by atoms with Crippen molar-refractivity contribution in [3.8, 4) is 11.5 Å². The van der Waals surface area contributed by atoms with Gasteiger partial charge in [0.1, 0.15) is 11.5 Å². The van der Waals surface area contributed by atoms with Gasteiger partial charge in [0.05, 0.1) is 15.5 Å². The molecular weight excluding hydrogens is 459 g/mol. The Kier molecular flexibility index (Phi) is 6.76. The van der Waals surface area contributed by atoms with E-state index in [0.29, 0.717) is 32.7 Å². The van der Waals surface area contributed by atoms with Crippen LogP contribution < -0.4 is 4.74 Å². The molecule has 0 unspecified atom stereocenters. The summed E-state index contributed by atoms with van der Waals surface area (Å²) in [6.07, 6.45) is 0. The van der Waals surface area contributed by atoms with Gasteiger partial charge in [-0.3, -0.25) is 8.98 Å². The van der Waals surface area contributed by atoms with E-state index in [1.165, 1.54) is 30.3 Å². The molecule has 8 heteroatoms. The Hall–Kier alpha value is -2.38. The molecule has 3 aromatic rings. The van der Waals surface area contributed by atoms with Crippen LogP contribution in [0, 0.1) is 0 Å². The van der Waals surface area contributed by atoms with E-state index in [0.717, 1.165) is 0 Å². The van der Waals surface area contributed by atoms with Gasteiger partial charge >= 0.3 is 0 Å². The van der Waals surface area contributed by atoms with Gasteiger partial charge in [-0.15, -0.1) is 0 Å². The largest absolute Gasteiger partial charge is 0.457 e. The first-order valence-corrected chi connectivity index (χ1v) is 11.4. The molecule has 3 aromatic carbocycles. The lowest BCUT2D eigenvalue weighted by molar-refractivity contribution is 0.103. The molecule has 0 atom stereocenters. The van der Waals surface area contributed by atoms with E-state index in [4.69, 9.17) is 32.1 Å². The van der Waals surface area contributed by atoms with Crippen LogP contribution in [-0.2, 0) is 14.3 Å². The average molecular weight is 479 g/mol. The summed E-state index contributed by atoms with van der Waals surface area (Å²) in [5.41, 5.74) is -0.0860. The molecule has 0 fully saturated rings. The quantitative estimate of drug-likeness (QED) is 0.297. The lowest BCUT2D eigenvalue weighted by Crippen LogP contribution is -2.24. The standard InChI is InChI=1S/C23H20Cl2O5S/c1-23(2,3)30-31(27,28)19-11-9-18(10-12-19)29-17-7-4-15(5-8-17)22(26)20-14-16(24)6-13-21(20)25/h4-14H,1-3H3. The predicted molar refractivity (Wildman–Crippen MR) is 121 cm³/mol. The van der Waals surface area contributed by atoms with E-state index in [-0.39, 0.29) is 10.7 Å². The van der Waals surface area contributed by atoms with Crippen LogP contribution in [-0.4, -0.2) is 19.8 Å². The number of halogens is 2. The van der Waals surface area contributed by atoms with Crippen molar-refractivity contribution in [2.24, 2.45) is 0 Å². The van der Waals surface area contributed by atoms with Crippen molar-refractivity contribution in [1.29, 1.82) is 0 Å². The first-order valence-electron chi connectivity index (χ1n) is 9.28. The minimum Gasteiger partial charge on any atom is -0.457 e. The molecule has 0 saturated heterocycles. The Morgan fingerprint density at radius 1 is 0.839 bits per heavy atom. The molecule has 3 rings (SSSR count). The zero-order chi connectivity index (χ0) is 22.8. The number of ketones is 1. The predicted octanol–water partition coefficient (Wildman–Crippen LogP) is 6.52. The van der Waals surface area contributed by atoms with Crippen LogP contribution in [0.5, 0.6) is 11.5 Å². The van der Waals surface area contributed by atoms with Crippen molar-refractivity contribution in [2.45, 2.75) is 31.3 Å². The highest BCUT2D eigenvalue weighted by atomic mass is 35.5. The van der Waals surface area contributed by atoms with Crippen LogP contribution in [0.3, 0.4) is 0 Å². The molecule has 31 heavy (non-hydrogen) atoms. The lowest BCUT2D eigenvalue weighted by Gasteiger charge is -2.18. The molecule has 0 heterocycles. The molecule has 0 aliphatic rings. The fourth-order valence-electron chi connectivity index (χ4n) is 2.69. The third kappa shape index (κ3) is 6.08. The highest BCUT2D eigenvalue weighted by Gasteiger charge is 2.24. The summed E-state index contributed by atoms with van der Waals surface area (Å²) in [4.78, 5) is 12.7. The summed E-state index contributed by atoms with van der Waals surface area (Å²) < 4.78 is 35.4. The number of hydrogen-bond acceptors (Lipinski definition) is 5. The van der Waals surface area contributed by atoms with Crippen molar-refractivity contribution in [3.05, 3.63) is 87.9 Å². The van der Waals surface area contributed by atoms with Gasteiger partial charge in [-0.05, 0) is 87.5 Å². The summed E-state index contributed by atoms with van der Waals surface area (Å²) in [6.45, 7) is 4.99. The molecule has 0 N–H and O–H groups in total. The molecule has 0 bridgehead atoms.